The van der Waals surface area contributed by atoms with Crippen molar-refractivity contribution in [1.29, 1.82) is 5.26 Å². The topological polar surface area (TPSA) is 64.9 Å². The first-order chi connectivity index (χ1) is 11.5. The second kappa shape index (κ2) is 8.13. The number of hydrogen-bond donors (Lipinski definition) is 2. The Morgan fingerprint density at radius 2 is 1.42 bits per heavy atom. The van der Waals surface area contributed by atoms with Crippen molar-refractivity contribution >= 4 is 29.0 Å². The minimum Gasteiger partial charge on any atom is -0.349 e. The molecule has 0 heterocycles. The van der Waals surface area contributed by atoms with Crippen LogP contribution in [0.5, 0.6) is 0 Å². The highest BCUT2D eigenvalue weighted by atomic mass is 32.2. The Morgan fingerprint density at radius 1 is 0.958 bits per heavy atom. The standard InChI is InChI=1S/C17H13F2N3OS/c1-24-17(22-14-8-4-12(19)5-9-14)15(10-20)16(23)21-13-6-2-11(18)3-7-13/h2-9,22H,1H3,(H,21,23). The summed E-state index contributed by atoms with van der Waals surface area (Å²) in [7, 11) is 0. The second-order valence-corrected chi connectivity index (χ2v) is 5.43. The van der Waals surface area contributed by atoms with Crippen LogP contribution < -0.4 is 10.6 Å². The van der Waals surface area contributed by atoms with E-state index in [9.17, 15) is 18.8 Å². The highest BCUT2D eigenvalue weighted by Gasteiger charge is 2.16. The van der Waals surface area contributed by atoms with E-state index in [-0.39, 0.29) is 11.4 Å². The normalized spacial score (nSPS) is 11.2. The van der Waals surface area contributed by atoms with Crippen LogP contribution in [-0.2, 0) is 4.79 Å². The maximum absolute atomic E-state index is 12.9. The van der Waals surface area contributed by atoms with Crippen LogP contribution in [0.3, 0.4) is 0 Å². The highest BCUT2D eigenvalue weighted by Crippen LogP contribution is 2.22. The molecule has 0 fully saturated rings. The van der Waals surface area contributed by atoms with Gasteiger partial charge in [0, 0.05) is 11.4 Å². The monoisotopic (exact) mass is 345 g/mol. The lowest BCUT2D eigenvalue weighted by molar-refractivity contribution is -0.112. The zero-order valence-corrected chi connectivity index (χ0v) is 13.5. The van der Waals surface area contributed by atoms with Gasteiger partial charge in [-0.1, -0.05) is 0 Å². The Labute approximate surface area is 142 Å². The Balaban J connectivity index is 2.22. The van der Waals surface area contributed by atoms with Crippen LogP contribution in [0.25, 0.3) is 0 Å². The molecule has 0 aromatic heterocycles. The second-order valence-electron chi connectivity index (χ2n) is 4.61. The smallest absolute Gasteiger partial charge is 0.269 e. The average Bonchev–Trinajstić information content (AvgIpc) is 2.58. The molecule has 2 N–H and O–H groups in total. The van der Waals surface area contributed by atoms with Gasteiger partial charge in [-0.05, 0) is 54.8 Å². The number of amides is 1. The Bertz CT molecular complexity index is 796. The SMILES string of the molecule is CSC(Nc1ccc(F)cc1)=C(C#N)C(=O)Nc1ccc(F)cc1. The van der Waals surface area contributed by atoms with Crippen molar-refractivity contribution < 1.29 is 13.6 Å². The number of carbonyl (C=O) groups excluding carboxylic acids is 1. The number of thioether (sulfide) groups is 1. The first-order valence-corrected chi connectivity index (χ1v) is 8.04. The minimum absolute atomic E-state index is 0.129. The van der Waals surface area contributed by atoms with Crippen molar-refractivity contribution in [2.75, 3.05) is 16.9 Å². The van der Waals surface area contributed by atoms with Crippen molar-refractivity contribution in [3.8, 4) is 6.07 Å². The van der Waals surface area contributed by atoms with E-state index in [4.69, 9.17) is 0 Å². The summed E-state index contributed by atoms with van der Waals surface area (Å²) in [6, 6.07) is 12.6. The number of rotatable bonds is 5. The van der Waals surface area contributed by atoms with Gasteiger partial charge in [-0.15, -0.1) is 11.8 Å². The Morgan fingerprint density at radius 3 is 1.83 bits per heavy atom. The maximum atomic E-state index is 12.9. The van der Waals surface area contributed by atoms with E-state index in [1.807, 2.05) is 6.07 Å². The molecule has 0 aliphatic carbocycles. The molecule has 0 unspecified atom stereocenters. The molecule has 0 aliphatic rings. The van der Waals surface area contributed by atoms with Gasteiger partial charge in [-0.3, -0.25) is 4.79 Å². The zero-order valence-electron chi connectivity index (χ0n) is 12.6. The van der Waals surface area contributed by atoms with E-state index >= 15 is 0 Å². The average molecular weight is 345 g/mol. The first-order valence-electron chi connectivity index (χ1n) is 6.81. The number of nitrogens with one attached hydrogen (secondary N) is 2. The summed E-state index contributed by atoms with van der Waals surface area (Å²) in [5.74, 6) is -1.43. The van der Waals surface area contributed by atoms with Crippen molar-refractivity contribution in [2.45, 2.75) is 0 Å². The largest absolute Gasteiger partial charge is 0.349 e. The molecule has 0 saturated carbocycles. The fraction of sp³-hybridized carbons (Fsp3) is 0.0588. The van der Waals surface area contributed by atoms with Crippen molar-refractivity contribution in [3.63, 3.8) is 0 Å². The number of carbonyl (C=O) groups is 1. The maximum Gasteiger partial charge on any atom is 0.269 e. The summed E-state index contributed by atoms with van der Waals surface area (Å²) in [5, 5.41) is 15.1. The summed E-state index contributed by atoms with van der Waals surface area (Å²) in [4.78, 5) is 12.3. The molecule has 0 atom stereocenters. The minimum atomic E-state index is -0.622. The van der Waals surface area contributed by atoms with Crippen LogP contribution in [0.2, 0.25) is 0 Å². The molecule has 0 saturated heterocycles. The van der Waals surface area contributed by atoms with Crippen LogP contribution in [0.4, 0.5) is 20.2 Å². The third kappa shape index (κ3) is 4.57. The molecule has 7 heteroatoms. The van der Waals surface area contributed by atoms with Gasteiger partial charge in [0.2, 0.25) is 0 Å². The fourth-order valence-corrected chi connectivity index (χ4v) is 2.37. The number of hydrogen-bond acceptors (Lipinski definition) is 4. The lowest BCUT2D eigenvalue weighted by Gasteiger charge is -2.11. The molecular weight excluding hydrogens is 332 g/mol. The molecule has 24 heavy (non-hydrogen) atoms. The van der Waals surface area contributed by atoms with Gasteiger partial charge >= 0.3 is 0 Å². The predicted molar refractivity (Wildman–Crippen MR) is 91.2 cm³/mol. The van der Waals surface area contributed by atoms with Gasteiger partial charge in [0.1, 0.15) is 23.3 Å². The third-order valence-corrected chi connectivity index (χ3v) is 3.69. The molecule has 2 aromatic rings. The molecule has 0 radical (unpaired) electrons. The van der Waals surface area contributed by atoms with Gasteiger partial charge in [-0.25, -0.2) is 8.78 Å². The van der Waals surface area contributed by atoms with Crippen molar-refractivity contribution in [1.82, 2.24) is 0 Å². The molecule has 122 valence electrons. The molecule has 0 spiro atoms. The summed E-state index contributed by atoms with van der Waals surface area (Å²) >= 11 is 1.17. The van der Waals surface area contributed by atoms with E-state index < -0.39 is 11.7 Å². The van der Waals surface area contributed by atoms with E-state index in [1.54, 1.807) is 6.26 Å². The van der Waals surface area contributed by atoms with Crippen LogP contribution in [0.15, 0.2) is 59.1 Å². The number of benzene rings is 2. The molecule has 1 amide bonds. The van der Waals surface area contributed by atoms with E-state index in [1.165, 1.54) is 60.3 Å². The Hall–Kier alpha value is -2.85. The van der Waals surface area contributed by atoms with Crippen molar-refractivity contribution in [3.05, 3.63) is 70.8 Å². The zero-order chi connectivity index (χ0) is 17.5. The van der Waals surface area contributed by atoms with Gasteiger partial charge in [0.05, 0.1) is 5.03 Å². The van der Waals surface area contributed by atoms with E-state index in [0.29, 0.717) is 16.4 Å². The highest BCUT2D eigenvalue weighted by molar-refractivity contribution is 8.02. The van der Waals surface area contributed by atoms with Gasteiger partial charge in [-0.2, -0.15) is 5.26 Å². The number of nitrogens with zero attached hydrogens (tertiary/aromatic N) is 1. The van der Waals surface area contributed by atoms with Gasteiger partial charge < -0.3 is 10.6 Å². The quantitative estimate of drug-likeness (QED) is 0.632. The van der Waals surface area contributed by atoms with Crippen LogP contribution in [0, 0.1) is 23.0 Å². The number of anilines is 2. The molecule has 0 aliphatic heterocycles. The molecule has 0 bridgehead atoms. The van der Waals surface area contributed by atoms with Crippen molar-refractivity contribution in [2.24, 2.45) is 0 Å². The molecule has 2 aromatic carbocycles. The molecular formula is C17H13F2N3OS. The molecule has 4 nitrogen and oxygen atoms in total. The third-order valence-electron chi connectivity index (χ3n) is 2.97. The predicted octanol–water partition coefficient (Wildman–Crippen LogP) is 4.11. The summed E-state index contributed by atoms with van der Waals surface area (Å²) in [5.41, 5.74) is 0.788. The summed E-state index contributed by atoms with van der Waals surface area (Å²) < 4.78 is 25.8. The van der Waals surface area contributed by atoms with E-state index in [2.05, 4.69) is 10.6 Å². The lowest BCUT2D eigenvalue weighted by atomic mass is 10.2. The lowest BCUT2D eigenvalue weighted by Crippen LogP contribution is -2.17. The van der Waals surface area contributed by atoms with Crippen LogP contribution in [0.1, 0.15) is 0 Å². The van der Waals surface area contributed by atoms with Crippen LogP contribution in [-0.4, -0.2) is 12.2 Å². The Kier molecular flexibility index (Phi) is 5.93. The number of halogens is 2. The van der Waals surface area contributed by atoms with Crippen LogP contribution >= 0.6 is 11.8 Å². The summed E-state index contributed by atoms with van der Waals surface area (Å²) in [6.07, 6.45) is 1.70. The van der Waals surface area contributed by atoms with Gasteiger partial charge in [0.25, 0.3) is 5.91 Å². The fourth-order valence-electron chi connectivity index (χ4n) is 1.81. The first kappa shape index (κ1) is 17.5. The molecule has 2 rings (SSSR count). The van der Waals surface area contributed by atoms with Gasteiger partial charge in [0.15, 0.2) is 0 Å². The summed E-state index contributed by atoms with van der Waals surface area (Å²) in [6.45, 7) is 0. The van der Waals surface area contributed by atoms with E-state index in [0.717, 1.165) is 0 Å². The number of nitriles is 1.